The fourth-order valence-electron chi connectivity index (χ4n) is 1.89. The van der Waals surface area contributed by atoms with E-state index in [1.165, 1.54) is 10.9 Å². The first-order valence-corrected chi connectivity index (χ1v) is 7.57. The van der Waals surface area contributed by atoms with E-state index in [0.717, 1.165) is 24.3 Å². The van der Waals surface area contributed by atoms with Crippen molar-refractivity contribution in [1.29, 1.82) is 0 Å². The first-order chi connectivity index (χ1) is 8.69. The quantitative estimate of drug-likeness (QED) is 0.892. The lowest BCUT2D eigenvalue weighted by molar-refractivity contribution is 0.685. The molecule has 0 aliphatic heterocycles. The Labute approximate surface area is 113 Å². The van der Waals surface area contributed by atoms with Gasteiger partial charge in [-0.3, -0.25) is 4.98 Å². The molecular formula is C15H20N2S. The third kappa shape index (κ3) is 3.47. The first-order valence-electron chi connectivity index (χ1n) is 6.29. The number of rotatable bonds is 5. The van der Waals surface area contributed by atoms with Crippen LogP contribution in [-0.2, 0) is 6.54 Å². The maximum atomic E-state index is 4.51. The molecule has 96 valence electrons. The first kappa shape index (κ1) is 13.4. The summed E-state index contributed by atoms with van der Waals surface area (Å²) >= 11 is 1.89. The van der Waals surface area contributed by atoms with Crippen molar-refractivity contribution in [1.82, 2.24) is 10.3 Å². The van der Waals surface area contributed by atoms with Crippen molar-refractivity contribution in [2.24, 2.45) is 0 Å². The van der Waals surface area contributed by atoms with Crippen LogP contribution in [0.4, 0.5) is 0 Å². The molecule has 18 heavy (non-hydrogen) atoms. The lowest BCUT2D eigenvalue weighted by Crippen LogP contribution is -2.21. The molecule has 1 N–H and O–H groups in total. The minimum atomic E-state index is 0.662. The van der Waals surface area contributed by atoms with Crippen LogP contribution in [0.15, 0.2) is 30.3 Å². The van der Waals surface area contributed by atoms with Gasteiger partial charge in [-0.05, 0) is 36.9 Å². The smallest absolute Gasteiger partial charge is 0.0705 e. The predicted octanol–water partition coefficient (Wildman–Crippen LogP) is 3.38. The van der Waals surface area contributed by atoms with E-state index in [1.807, 2.05) is 18.7 Å². The lowest BCUT2D eigenvalue weighted by Gasteiger charge is -2.10. The summed E-state index contributed by atoms with van der Waals surface area (Å²) in [5.41, 5.74) is 3.47. The van der Waals surface area contributed by atoms with Gasteiger partial charge in [-0.15, -0.1) is 0 Å². The van der Waals surface area contributed by atoms with Crippen LogP contribution in [0.25, 0.3) is 10.9 Å². The largest absolute Gasteiger partial charge is 0.312 e. The molecule has 0 aliphatic rings. The summed E-state index contributed by atoms with van der Waals surface area (Å²) in [6, 6.07) is 10.7. The van der Waals surface area contributed by atoms with Crippen LogP contribution < -0.4 is 5.32 Å². The number of hydrogen-bond donors (Lipinski definition) is 1. The number of fused-ring (bicyclic) bond motifs is 1. The second kappa shape index (κ2) is 6.21. The minimum Gasteiger partial charge on any atom is -0.312 e. The molecule has 0 fully saturated rings. The van der Waals surface area contributed by atoms with Crippen LogP contribution in [-0.4, -0.2) is 23.0 Å². The number of aryl methyl sites for hydroxylation is 1. The molecule has 0 spiro atoms. The van der Waals surface area contributed by atoms with Crippen LogP contribution in [0.1, 0.15) is 18.2 Å². The number of hydrogen-bond acceptors (Lipinski definition) is 3. The van der Waals surface area contributed by atoms with E-state index >= 15 is 0 Å². The molecule has 0 bridgehead atoms. The van der Waals surface area contributed by atoms with Crippen molar-refractivity contribution in [2.75, 3.05) is 12.8 Å². The van der Waals surface area contributed by atoms with Crippen molar-refractivity contribution in [3.63, 3.8) is 0 Å². The van der Waals surface area contributed by atoms with Gasteiger partial charge >= 0.3 is 0 Å². The number of benzene rings is 1. The van der Waals surface area contributed by atoms with E-state index in [2.05, 4.69) is 53.8 Å². The molecule has 1 heterocycles. The molecule has 1 atom stereocenters. The van der Waals surface area contributed by atoms with Gasteiger partial charge in [-0.1, -0.05) is 19.1 Å². The SMILES string of the molecule is CSC(C)CNCc1ccc2nc(C)ccc2c1. The monoisotopic (exact) mass is 260 g/mol. The van der Waals surface area contributed by atoms with Gasteiger partial charge in [0.25, 0.3) is 0 Å². The Hall–Kier alpha value is -1.06. The summed E-state index contributed by atoms with van der Waals surface area (Å²) in [5.74, 6) is 0. The van der Waals surface area contributed by atoms with Crippen molar-refractivity contribution in [2.45, 2.75) is 25.6 Å². The molecule has 2 rings (SSSR count). The number of nitrogens with one attached hydrogen (secondary N) is 1. The van der Waals surface area contributed by atoms with Gasteiger partial charge in [-0.25, -0.2) is 0 Å². The van der Waals surface area contributed by atoms with Crippen molar-refractivity contribution in [3.8, 4) is 0 Å². The molecule has 0 amide bonds. The molecule has 0 saturated heterocycles. The third-order valence-electron chi connectivity index (χ3n) is 3.06. The van der Waals surface area contributed by atoms with Gasteiger partial charge in [0, 0.05) is 29.4 Å². The molecule has 3 heteroatoms. The molecule has 1 aromatic carbocycles. The van der Waals surface area contributed by atoms with Crippen LogP contribution in [0, 0.1) is 6.92 Å². The summed E-state index contributed by atoms with van der Waals surface area (Å²) in [7, 11) is 0. The summed E-state index contributed by atoms with van der Waals surface area (Å²) in [4.78, 5) is 4.51. The Bertz CT molecular complexity index is 525. The highest BCUT2D eigenvalue weighted by molar-refractivity contribution is 7.99. The molecule has 0 aliphatic carbocycles. The Morgan fingerprint density at radius 2 is 2.11 bits per heavy atom. The summed E-state index contributed by atoms with van der Waals surface area (Å²) in [5, 5.41) is 5.37. The molecule has 0 saturated carbocycles. The fourth-order valence-corrected chi connectivity index (χ4v) is 2.17. The normalized spacial score (nSPS) is 12.8. The standard InChI is InChI=1S/C15H20N2S/c1-11-4-6-14-8-13(5-7-15(14)17-11)10-16-9-12(2)18-3/h4-8,12,16H,9-10H2,1-3H3. The topological polar surface area (TPSA) is 24.9 Å². The number of pyridine rings is 1. The van der Waals surface area contributed by atoms with Crippen molar-refractivity contribution < 1.29 is 0 Å². The van der Waals surface area contributed by atoms with Gasteiger partial charge in [0.1, 0.15) is 0 Å². The zero-order valence-electron chi connectivity index (χ0n) is 11.2. The zero-order chi connectivity index (χ0) is 13.0. The maximum absolute atomic E-state index is 4.51. The molecule has 0 radical (unpaired) electrons. The van der Waals surface area contributed by atoms with Gasteiger partial charge in [-0.2, -0.15) is 11.8 Å². The highest BCUT2D eigenvalue weighted by Gasteiger charge is 2.00. The average Bonchev–Trinajstić information content (AvgIpc) is 2.38. The molecule has 1 aromatic heterocycles. The van der Waals surface area contributed by atoms with E-state index in [0.29, 0.717) is 5.25 Å². The highest BCUT2D eigenvalue weighted by atomic mass is 32.2. The molecule has 2 nitrogen and oxygen atoms in total. The summed E-state index contributed by atoms with van der Waals surface area (Å²) < 4.78 is 0. The van der Waals surface area contributed by atoms with Gasteiger partial charge in [0.2, 0.25) is 0 Å². The Kier molecular flexibility index (Phi) is 4.61. The number of nitrogens with zero attached hydrogens (tertiary/aromatic N) is 1. The van der Waals surface area contributed by atoms with Gasteiger partial charge in [0.15, 0.2) is 0 Å². The maximum Gasteiger partial charge on any atom is 0.0705 e. The fraction of sp³-hybridized carbons (Fsp3) is 0.400. The minimum absolute atomic E-state index is 0.662. The van der Waals surface area contributed by atoms with Crippen LogP contribution in [0.2, 0.25) is 0 Å². The van der Waals surface area contributed by atoms with Crippen LogP contribution in [0.5, 0.6) is 0 Å². The van der Waals surface area contributed by atoms with E-state index in [-0.39, 0.29) is 0 Å². The molecule has 1 unspecified atom stereocenters. The number of thioether (sulfide) groups is 1. The molecule has 2 aromatic rings. The second-order valence-corrected chi connectivity index (χ2v) is 5.93. The lowest BCUT2D eigenvalue weighted by atomic mass is 10.1. The third-order valence-corrected chi connectivity index (χ3v) is 4.03. The zero-order valence-corrected chi connectivity index (χ0v) is 12.1. The Morgan fingerprint density at radius 1 is 1.28 bits per heavy atom. The second-order valence-electron chi connectivity index (χ2n) is 4.66. The summed E-state index contributed by atoms with van der Waals surface area (Å²) in [6.07, 6.45) is 2.15. The predicted molar refractivity (Wildman–Crippen MR) is 81.2 cm³/mol. The van der Waals surface area contributed by atoms with E-state index in [4.69, 9.17) is 0 Å². The van der Waals surface area contributed by atoms with Crippen LogP contribution in [0.3, 0.4) is 0 Å². The summed E-state index contributed by atoms with van der Waals surface area (Å²) in [6.45, 7) is 6.24. The van der Waals surface area contributed by atoms with Crippen molar-refractivity contribution in [3.05, 3.63) is 41.6 Å². The van der Waals surface area contributed by atoms with Crippen molar-refractivity contribution >= 4 is 22.7 Å². The highest BCUT2D eigenvalue weighted by Crippen LogP contribution is 2.14. The number of aromatic nitrogens is 1. The Balaban J connectivity index is 2.04. The average molecular weight is 260 g/mol. The van der Waals surface area contributed by atoms with Crippen LogP contribution >= 0.6 is 11.8 Å². The van der Waals surface area contributed by atoms with E-state index < -0.39 is 0 Å². The van der Waals surface area contributed by atoms with Gasteiger partial charge in [0.05, 0.1) is 5.52 Å². The Morgan fingerprint density at radius 3 is 2.89 bits per heavy atom. The molecular weight excluding hydrogens is 240 g/mol. The van der Waals surface area contributed by atoms with E-state index in [1.54, 1.807) is 0 Å². The van der Waals surface area contributed by atoms with E-state index in [9.17, 15) is 0 Å². The van der Waals surface area contributed by atoms with Gasteiger partial charge < -0.3 is 5.32 Å².